The van der Waals surface area contributed by atoms with Crippen LogP contribution in [-0.4, -0.2) is 36.0 Å². The molecule has 39 heavy (non-hydrogen) atoms. The molecule has 2 aromatic carbocycles. The van der Waals surface area contributed by atoms with E-state index >= 15 is 0 Å². The molecule has 0 aliphatic rings. The highest BCUT2D eigenvalue weighted by Gasteiger charge is 2.15. The normalized spacial score (nSPS) is 10.2. The molecule has 13 heteroatoms. The van der Waals surface area contributed by atoms with Gasteiger partial charge in [-0.3, -0.25) is 14.6 Å². The van der Waals surface area contributed by atoms with Crippen LogP contribution < -0.4 is 24.8 Å². The van der Waals surface area contributed by atoms with Crippen molar-refractivity contribution in [1.29, 1.82) is 0 Å². The minimum Gasteiger partial charge on any atom is -0.493 e. The van der Waals surface area contributed by atoms with E-state index in [-0.39, 0.29) is 16.6 Å². The molecular weight excluding hydrogens is 541 g/mol. The maximum absolute atomic E-state index is 12.8. The van der Waals surface area contributed by atoms with E-state index in [0.29, 0.717) is 39.4 Å². The van der Waals surface area contributed by atoms with Crippen LogP contribution >= 0.6 is 11.6 Å². The minimum absolute atomic E-state index is 0.104. The molecule has 2 heterocycles. The summed E-state index contributed by atoms with van der Waals surface area (Å²) in [5.41, 5.74) is 1.72. The molecule has 0 radical (unpaired) electrons. The van der Waals surface area contributed by atoms with Gasteiger partial charge >= 0.3 is 0 Å². The number of aromatic nitrogens is 2. The second-order valence-electron chi connectivity index (χ2n) is 7.75. The summed E-state index contributed by atoms with van der Waals surface area (Å²) in [7, 11) is 3.06. The van der Waals surface area contributed by atoms with Crippen molar-refractivity contribution >= 4 is 45.7 Å². The van der Waals surface area contributed by atoms with Gasteiger partial charge in [0.15, 0.2) is 11.5 Å². The number of hydrogen-bond acceptors (Lipinski definition) is 7. The smallest absolute Gasteiger partial charge is 0.238 e. The van der Waals surface area contributed by atoms with Crippen LogP contribution in [0, 0.1) is 0 Å². The lowest BCUT2D eigenvalue weighted by Gasteiger charge is -2.13. The molecule has 4 aromatic rings. The Hall–Kier alpha value is -4.58. The number of methoxy groups -OCH3 is 2. The van der Waals surface area contributed by atoms with Gasteiger partial charge < -0.3 is 24.8 Å². The number of halogens is 4. The van der Waals surface area contributed by atoms with E-state index in [4.69, 9.17) is 35.0 Å². The average Bonchev–Trinajstić information content (AvgIpc) is 2.94. The Kier molecular flexibility index (Phi) is 10.3. The quantitative estimate of drug-likeness (QED) is 0.228. The Morgan fingerprint density at radius 1 is 0.897 bits per heavy atom. The van der Waals surface area contributed by atoms with Crippen LogP contribution in [0.15, 0.2) is 60.9 Å². The Labute approximate surface area is 225 Å². The third-order valence-corrected chi connectivity index (χ3v) is 5.46. The highest BCUT2D eigenvalue weighted by molar-refractivity contribution is 6.32. The van der Waals surface area contributed by atoms with Crippen LogP contribution in [-0.2, 0) is 16.3 Å². The van der Waals surface area contributed by atoms with Crippen LogP contribution in [0.3, 0.4) is 0 Å². The zero-order valence-corrected chi connectivity index (χ0v) is 21.4. The molecule has 0 bridgehead atoms. The number of pyridine rings is 2. The lowest BCUT2D eigenvalue weighted by atomic mass is 10.2. The number of nitrogens with one attached hydrogen (secondary N) is 2. The molecule has 0 fully saturated rings. The highest BCUT2D eigenvalue weighted by atomic mass is 35.5. The Bertz CT molecular complexity index is 1480. The number of hydrogen-bond donors (Lipinski definition) is 2. The van der Waals surface area contributed by atoms with Gasteiger partial charge in [0, 0.05) is 32.5 Å². The summed E-state index contributed by atoms with van der Waals surface area (Å²) in [6, 6.07) is 12.9. The first-order valence-corrected chi connectivity index (χ1v) is 11.5. The number of ether oxygens (including phenoxy) is 3. The molecule has 0 aliphatic carbocycles. The van der Waals surface area contributed by atoms with E-state index in [2.05, 4.69) is 20.6 Å². The SMILES string of the molecule is COc1cc2nccc(Oc3ncc(NC(=O)CC(=O)Nc4cccc(CF)c4)cc3Cl)c2cc1OC.FF. The van der Waals surface area contributed by atoms with Crippen molar-refractivity contribution in [2.75, 3.05) is 24.9 Å². The van der Waals surface area contributed by atoms with E-state index in [1.165, 1.54) is 32.5 Å². The van der Waals surface area contributed by atoms with Crippen molar-refractivity contribution in [3.8, 4) is 23.1 Å². The fourth-order valence-electron chi connectivity index (χ4n) is 3.50. The number of amides is 2. The minimum atomic E-state index is -0.655. The second-order valence-corrected chi connectivity index (χ2v) is 8.16. The summed E-state index contributed by atoms with van der Waals surface area (Å²) in [6.07, 6.45) is 2.48. The van der Waals surface area contributed by atoms with Crippen molar-refractivity contribution in [1.82, 2.24) is 9.97 Å². The summed E-state index contributed by atoms with van der Waals surface area (Å²) in [5.74, 6) is 0.441. The van der Waals surface area contributed by atoms with Crippen LogP contribution in [0.2, 0.25) is 5.02 Å². The predicted octanol–water partition coefficient (Wildman–Crippen LogP) is 6.37. The molecule has 0 unspecified atom stereocenters. The number of fused-ring (bicyclic) bond motifs is 1. The summed E-state index contributed by atoms with van der Waals surface area (Å²) < 4.78 is 45.4. The predicted molar refractivity (Wildman–Crippen MR) is 140 cm³/mol. The van der Waals surface area contributed by atoms with Gasteiger partial charge in [0.2, 0.25) is 17.7 Å². The van der Waals surface area contributed by atoms with Crippen LogP contribution in [0.4, 0.5) is 24.9 Å². The van der Waals surface area contributed by atoms with E-state index in [1.807, 2.05) is 0 Å². The fourth-order valence-corrected chi connectivity index (χ4v) is 3.70. The molecule has 0 spiro atoms. The molecule has 2 aromatic heterocycles. The highest BCUT2D eigenvalue weighted by Crippen LogP contribution is 2.38. The summed E-state index contributed by atoms with van der Waals surface area (Å²) in [6.45, 7) is -0.655. The first kappa shape index (κ1) is 29.0. The molecule has 2 N–H and O–H groups in total. The molecule has 0 aliphatic heterocycles. The van der Waals surface area contributed by atoms with Crippen molar-refractivity contribution in [3.05, 3.63) is 71.5 Å². The van der Waals surface area contributed by atoms with E-state index in [9.17, 15) is 14.0 Å². The van der Waals surface area contributed by atoms with Gasteiger partial charge in [-0.2, -0.15) is 0 Å². The van der Waals surface area contributed by atoms with Gasteiger partial charge in [0.05, 0.1) is 31.6 Å². The number of anilines is 2. The zero-order valence-electron chi connectivity index (χ0n) is 20.6. The lowest BCUT2D eigenvalue weighted by molar-refractivity contribution is -0.123. The number of nitrogens with zero attached hydrogens (tertiary/aromatic N) is 2. The second kappa shape index (κ2) is 13.8. The Balaban J connectivity index is 0.00000205. The third kappa shape index (κ3) is 7.48. The number of rotatable bonds is 9. The molecule has 0 saturated carbocycles. The van der Waals surface area contributed by atoms with E-state index in [1.54, 1.807) is 42.6 Å². The molecule has 204 valence electrons. The van der Waals surface area contributed by atoms with Gasteiger partial charge in [0.1, 0.15) is 23.9 Å². The maximum atomic E-state index is 12.8. The molecule has 0 atom stereocenters. The molecule has 4 rings (SSSR count). The van der Waals surface area contributed by atoms with Gasteiger partial charge in [-0.25, -0.2) is 9.37 Å². The number of carbonyl (C=O) groups is 2. The first-order chi connectivity index (χ1) is 18.9. The zero-order chi connectivity index (χ0) is 28.4. The summed E-state index contributed by atoms with van der Waals surface area (Å²) >= 11 is 6.35. The van der Waals surface area contributed by atoms with E-state index in [0.717, 1.165) is 0 Å². The average molecular weight is 563 g/mol. The maximum Gasteiger partial charge on any atom is 0.238 e. The topological polar surface area (TPSA) is 112 Å². The van der Waals surface area contributed by atoms with Crippen LogP contribution in [0.5, 0.6) is 23.1 Å². The van der Waals surface area contributed by atoms with Crippen molar-refractivity contribution in [2.45, 2.75) is 13.1 Å². The summed E-state index contributed by atoms with van der Waals surface area (Å²) in [4.78, 5) is 33.0. The number of carbonyl (C=O) groups excluding carboxylic acids is 2. The fraction of sp³-hybridized carbons (Fsp3) is 0.154. The van der Waals surface area contributed by atoms with Gasteiger partial charge in [-0.15, -0.1) is 0 Å². The monoisotopic (exact) mass is 562 g/mol. The molecule has 9 nitrogen and oxygen atoms in total. The van der Waals surface area contributed by atoms with Crippen molar-refractivity contribution in [2.24, 2.45) is 0 Å². The van der Waals surface area contributed by atoms with Gasteiger partial charge in [-0.1, -0.05) is 23.7 Å². The standard InChI is InChI=1S/C26H22ClFN4O5.F2/c1-35-22-10-18-20(11-23(22)36-2)29-7-6-21(18)37-26-19(27)9-17(14-30-26)32-25(34)12-24(33)31-16-5-3-4-15(8-16)13-28;1-2/h3-11,14H,12-13H2,1-2H3,(H,31,33)(H,32,34);. The Morgan fingerprint density at radius 2 is 1.59 bits per heavy atom. The number of benzene rings is 2. The van der Waals surface area contributed by atoms with Crippen molar-refractivity contribution in [3.63, 3.8) is 0 Å². The Morgan fingerprint density at radius 3 is 2.26 bits per heavy atom. The number of alkyl halides is 1. The lowest BCUT2D eigenvalue weighted by Crippen LogP contribution is -2.21. The largest absolute Gasteiger partial charge is 0.493 e. The van der Waals surface area contributed by atoms with Gasteiger partial charge in [0.25, 0.3) is 0 Å². The first-order valence-electron chi connectivity index (χ1n) is 11.1. The van der Waals surface area contributed by atoms with Gasteiger partial charge in [-0.05, 0) is 35.9 Å². The van der Waals surface area contributed by atoms with Crippen LogP contribution in [0.1, 0.15) is 12.0 Å². The molecular formula is C26H22ClF3N4O5. The van der Waals surface area contributed by atoms with Crippen LogP contribution in [0.25, 0.3) is 10.9 Å². The van der Waals surface area contributed by atoms with Crippen molar-refractivity contribution < 1.29 is 37.3 Å². The third-order valence-electron chi connectivity index (χ3n) is 5.19. The molecule has 0 saturated heterocycles. The summed E-state index contributed by atoms with van der Waals surface area (Å²) in [5, 5.41) is 5.91. The van der Waals surface area contributed by atoms with E-state index < -0.39 is 24.9 Å². The molecule has 2 amide bonds.